The molecule has 184 valence electrons. The van der Waals surface area contributed by atoms with E-state index in [0.717, 1.165) is 17.3 Å². The highest BCUT2D eigenvalue weighted by Crippen LogP contribution is 2.36. The lowest BCUT2D eigenvalue weighted by molar-refractivity contribution is 0.0713. The third-order valence-corrected chi connectivity index (χ3v) is 7.55. The van der Waals surface area contributed by atoms with Crippen LogP contribution in [-0.2, 0) is 10.1 Å². The minimum atomic E-state index is -4.73. The van der Waals surface area contributed by atoms with Crippen LogP contribution >= 0.6 is 23.2 Å². The first-order chi connectivity index (χ1) is 16.5. The second-order valence-corrected chi connectivity index (χ2v) is 10.5. The van der Waals surface area contributed by atoms with Crippen molar-refractivity contribution in [3.63, 3.8) is 0 Å². The van der Waals surface area contributed by atoms with E-state index in [1.54, 1.807) is 42.2 Å². The van der Waals surface area contributed by atoms with Crippen LogP contribution in [0.15, 0.2) is 53.7 Å². The number of likely N-dealkylation sites (tertiary alicyclic amines) is 1. The number of aryl methyl sites for hydroxylation is 1. The van der Waals surface area contributed by atoms with E-state index >= 15 is 0 Å². The van der Waals surface area contributed by atoms with Crippen molar-refractivity contribution >= 4 is 50.6 Å². The summed E-state index contributed by atoms with van der Waals surface area (Å²) in [5, 5.41) is 2.38. The monoisotopic (exact) mass is 537 g/mol. The van der Waals surface area contributed by atoms with Crippen LogP contribution in [0.3, 0.4) is 0 Å². The Morgan fingerprint density at radius 3 is 2.40 bits per heavy atom. The van der Waals surface area contributed by atoms with Crippen LogP contribution in [0.2, 0.25) is 10.0 Å². The van der Waals surface area contributed by atoms with Gasteiger partial charge < -0.3 is 10.2 Å². The lowest BCUT2D eigenvalue weighted by Gasteiger charge is -2.33. The molecule has 1 aromatic heterocycles. The summed E-state index contributed by atoms with van der Waals surface area (Å²) in [6.07, 6.45) is 2.46. The first-order valence-electron chi connectivity index (χ1n) is 10.8. The summed E-state index contributed by atoms with van der Waals surface area (Å²) in [5.74, 6) is -0.486. The first-order valence-corrected chi connectivity index (χ1v) is 13.0. The zero-order valence-electron chi connectivity index (χ0n) is 18.6. The summed E-state index contributed by atoms with van der Waals surface area (Å²) in [6.45, 7) is 2.67. The van der Waals surface area contributed by atoms with E-state index in [2.05, 4.69) is 10.3 Å². The second-order valence-electron chi connectivity index (χ2n) is 8.34. The summed E-state index contributed by atoms with van der Waals surface area (Å²) in [4.78, 5) is 18.9. The van der Waals surface area contributed by atoms with Crippen molar-refractivity contribution in [3.05, 3.63) is 81.2 Å². The van der Waals surface area contributed by atoms with E-state index in [9.17, 15) is 22.2 Å². The number of anilines is 2. The number of halogens is 3. The van der Waals surface area contributed by atoms with Gasteiger partial charge in [-0.2, -0.15) is 8.42 Å². The third-order valence-electron chi connectivity index (χ3n) is 6.03. The fourth-order valence-corrected chi connectivity index (χ4v) is 5.39. The van der Waals surface area contributed by atoms with Crippen LogP contribution in [0, 0.1) is 12.7 Å². The molecule has 3 aromatic rings. The SMILES string of the molecule is Cc1cc(Cl)ccc1Nc1c(C(=O)N2CCC(c3ccc(F)cc3)CC2)cnc(S(=O)(=O)O)c1Cl. The molecule has 2 aromatic carbocycles. The zero-order valence-corrected chi connectivity index (χ0v) is 21.0. The molecule has 35 heavy (non-hydrogen) atoms. The minimum Gasteiger partial charge on any atom is -0.353 e. The molecule has 1 aliphatic heterocycles. The van der Waals surface area contributed by atoms with Gasteiger partial charge in [0.15, 0.2) is 0 Å². The molecule has 4 rings (SSSR count). The number of nitrogens with one attached hydrogen (secondary N) is 1. The Kier molecular flexibility index (Phi) is 7.32. The van der Waals surface area contributed by atoms with Crippen molar-refractivity contribution in [1.29, 1.82) is 0 Å². The van der Waals surface area contributed by atoms with Gasteiger partial charge in [-0.3, -0.25) is 9.35 Å². The number of benzene rings is 2. The van der Waals surface area contributed by atoms with Gasteiger partial charge >= 0.3 is 10.1 Å². The molecule has 0 unspecified atom stereocenters. The number of pyridine rings is 1. The molecule has 0 atom stereocenters. The molecule has 2 heterocycles. The van der Waals surface area contributed by atoms with Gasteiger partial charge in [0, 0.05) is 30.0 Å². The van der Waals surface area contributed by atoms with Gasteiger partial charge in [0.05, 0.1) is 11.3 Å². The van der Waals surface area contributed by atoms with E-state index in [1.165, 1.54) is 12.1 Å². The molecular formula is C24H22Cl2FN3O4S. The Morgan fingerprint density at radius 1 is 1.14 bits per heavy atom. The molecule has 0 spiro atoms. The van der Waals surface area contributed by atoms with Gasteiger partial charge in [0.2, 0.25) is 5.03 Å². The third kappa shape index (κ3) is 5.59. The fraction of sp³-hybridized carbons (Fsp3) is 0.250. The number of hydrogen-bond acceptors (Lipinski definition) is 5. The van der Waals surface area contributed by atoms with Crippen molar-refractivity contribution in [1.82, 2.24) is 9.88 Å². The predicted octanol–water partition coefficient (Wildman–Crippen LogP) is 5.85. The van der Waals surface area contributed by atoms with Gasteiger partial charge in [-0.25, -0.2) is 9.37 Å². The summed E-state index contributed by atoms with van der Waals surface area (Å²) in [6, 6.07) is 11.4. The molecule has 1 saturated heterocycles. The second kappa shape index (κ2) is 10.1. The number of nitrogens with zero attached hydrogens (tertiary/aromatic N) is 2. The van der Waals surface area contributed by atoms with Gasteiger partial charge in [-0.05, 0) is 67.1 Å². The smallest absolute Gasteiger partial charge is 0.313 e. The quantitative estimate of drug-likeness (QED) is 0.396. The van der Waals surface area contributed by atoms with E-state index in [-0.39, 0.29) is 28.9 Å². The minimum absolute atomic E-state index is 0.0189. The average molecular weight is 538 g/mol. The molecule has 1 amide bonds. The van der Waals surface area contributed by atoms with Gasteiger partial charge in [0.25, 0.3) is 5.91 Å². The standard InChI is InChI=1S/C24H22Cl2FN3O4S/c1-14-12-17(25)4-7-20(14)29-22-19(13-28-23(21(22)26)35(32,33)34)24(31)30-10-8-16(9-11-30)15-2-5-18(27)6-3-15/h2-7,12-13,16H,8-11H2,1H3,(H,28,29)(H,32,33,34). The molecule has 7 nitrogen and oxygen atoms in total. The van der Waals surface area contributed by atoms with Crippen molar-refractivity contribution in [2.45, 2.75) is 30.7 Å². The maximum absolute atomic E-state index is 13.5. The number of carbonyl (C=O) groups excluding carboxylic acids is 1. The molecule has 2 N–H and O–H groups in total. The molecule has 1 aliphatic rings. The molecule has 11 heteroatoms. The highest BCUT2D eigenvalue weighted by atomic mass is 35.5. The van der Waals surface area contributed by atoms with Crippen molar-refractivity contribution in [3.8, 4) is 0 Å². The van der Waals surface area contributed by atoms with E-state index < -0.39 is 20.2 Å². The highest BCUT2D eigenvalue weighted by Gasteiger charge is 2.30. The Balaban J connectivity index is 1.63. The van der Waals surface area contributed by atoms with E-state index in [0.29, 0.717) is 36.6 Å². The number of amides is 1. The maximum Gasteiger partial charge on any atom is 0.313 e. The molecule has 0 bridgehead atoms. The summed E-state index contributed by atoms with van der Waals surface area (Å²) >= 11 is 12.4. The summed E-state index contributed by atoms with van der Waals surface area (Å²) < 4.78 is 46.4. The Hall–Kier alpha value is -2.72. The normalized spacial score (nSPS) is 14.7. The number of rotatable bonds is 5. The number of piperidine rings is 1. The Labute approximate surface area is 212 Å². The molecule has 1 fully saturated rings. The molecule has 0 radical (unpaired) electrons. The first kappa shape index (κ1) is 25.4. The molecule has 0 aliphatic carbocycles. The predicted molar refractivity (Wildman–Crippen MR) is 133 cm³/mol. The van der Waals surface area contributed by atoms with E-state index in [1.807, 2.05) is 0 Å². The largest absolute Gasteiger partial charge is 0.353 e. The highest BCUT2D eigenvalue weighted by molar-refractivity contribution is 7.85. The van der Waals surface area contributed by atoms with Gasteiger partial charge in [0.1, 0.15) is 10.8 Å². The van der Waals surface area contributed by atoms with Crippen LogP contribution in [0.5, 0.6) is 0 Å². The van der Waals surface area contributed by atoms with Crippen LogP contribution in [0.4, 0.5) is 15.8 Å². The van der Waals surface area contributed by atoms with Crippen molar-refractivity contribution in [2.24, 2.45) is 0 Å². The average Bonchev–Trinajstić information content (AvgIpc) is 2.81. The van der Waals surface area contributed by atoms with Crippen LogP contribution < -0.4 is 5.32 Å². The zero-order chi connectivity index (χ0) is 25.3. The number of carbonyl (C=O) groups is 1. The Bertz CT molecular complexity index is 1380. The van der Waals surface area contributed by atoms with Crippen molar-refractivity contribution < 1.29 is 22.2 Å². The maximum atomic E-state index is 13.5. The van der Waals surface area contributed by atoms with Crippen LogP contribution in [-0.4, -0.2) is 41.9 Å². The molecular weight excluding hydrogens is 516 g/mol. The van der Waals surface area contributed by atoms with Crippen molar-refractivity contribution in [2.75, 3.05) is 18.4 Å². The summed E-state index contributed by atoms with van der Waals surface area (Å²) in [5.41, 5.74) is 2.38. The fourth-order valence-electron chi connectivity index (χ4n) is 4.16. The topological polar surface area (TPSA) is 99.6 Å². The van der Waals surface area contributed by atoms with E-state index in [4.69, 9.17) is 23.2 Å². The number of aromatic nitrogens is 1. The van der Waals surface area contributed by atoms with Crippen LogP contribution in [0.1, 0.15) is 40.2 Å². The lowest BCUT2D eigenvalue weighted by Crippen LogP contribution is -2.38. The lowest BCUT2D eigenvalue weighted by atomic mass is 9.89. The Morgan fingerprint density at radius 2 is 1.80 bits per heavy atom. The number of hydrogen-bond donors (Lipinski definition) is 2. The summed E-state index contributed by atoms with van der Waals surface area (Å²) in [7, 11) is -4.73. The van der Waals surface area contributed by atoms with Gasteiger partial charge in [-0.15, -0.1) is 0 Å². The van der Waals surface area contributed by atoms with Crippen LogP contribution in [0.25, 0.3) is 0 Å². The molecule has 0 saturated carbocycles. The van der Waals surface area contributed by atoms with Gasteiger partial charge in [-0.1, -0.05) is 35.3 Å².